The summed E-state index contributed by atoms with van der Waals surface area (Å²) in [4.78, 5) is 11.0. The van der Waals surface area contributed by atoms with Crippen LogP contribution in [0, 0.1) is 0 Å². The SMILES string of the molecule is COc1ccc(/N=N/c2cc(OC)c(OC)c(OC)c2)c(NC(=O)O)c1. The molecule has 2 rings (SSSR count). The maximum atomic E-state index is 11.0. The Hall–Kier alpha value is -3.49. The van der Waals surface area contributed by atoms with Gasteiger partial charge in [0.25, 0.3) is 0 Å². The molecule has 26 heavy (non-hydrogen) atoms. The normalized spacial score (nSPS) is 10.5. The Labute approximate surface area is 150 Å². The molecule has 1 amide bonds. The van der Waals surface area contributed by atoms with Gasteiger partial charge in [0.15, 0.2) is 11.5 Å². The number of hydrogen-bond donors (Lipinski definition) is 2. The van der Waals surface area contributed by atoms with Crippen molar-refractivity contribution in [2.75, 3.05) is 33.8 Å². The van der Waals surface area contributed by atoms with Crippen molar-refractivity contribution in [2.24, 2.45) is 10.2 Å². The standard InChI is InChI=1S/C17H19N3O6/c1-23-11-5-6-12(13(9-11)18-17(21)22)20-19-10-7-14(24-2)16(26-4)15(8-10)25-3/h5-9,18H,1-4H3,(H,21,22)/b20-19+. The lowest BCUT2D eigenvalue weighted by atomic mass is 10.2. The van der Waals surface area contributed by atoms with Gasteiger partial charge in [-0.1, -0.05) is 0 Å². The zero-order chi connectivity index (χ0) is 19.1. The first kappa shape index (κ1) is 18.8. The lowest BCUT2D eigenvalue weighted by Crippen LogP contribution is -2.07. The Morgan fingerprint density at radius 3 is 2.08 bits per heavy atom. The fraction of sp³-hybridized carbons (Fsp3) is 0.235. The zero-order valence-corrected chi connectivity index (χ0v) is 14.8. The first-order valence-electron chi connectivity index (χ1n) is 7.42. The molecule has 0 bridgehead atoms. The summed E-state index contributed by atoms with van der Waals surface area (Å²) in [6.45, 7) is 0. The molecule has 9 nitrogen and oxygen atoms in total. The Kier molecular flexibility index (Phi) is 6.20. The third-order valence-corrected chi connectivity index (χ3v) is 3.37. The maximum Gasteiger partial charge on any atom is 0.409 e. The number of nitrogens with zero attached hydrogens (tertiary/aromatic N) is 2. The number of rotatable bonds is 7. The van der Waals surface area contributed by atoms with Crippen LogP contribution < -0.4 is 24.3 Å². The smallest absolute Gasteiger partial charge is 0.409 e. The van der Waals surface area contributed by atoms with Gasteiger partial charge >= 0.3 is 6.09 Å². The Morgan fingerprint density at radius 1 is 0.923 bits per heavy atom. The predicted octanol–water partition coefficient (Wildman–Crippen LogP) is 4.23. The van der Waals surface area contributed by atoms with Crippen LogP contribution in [0.25, 0.3) is 0 Å². The summed E-state index contributed by atoms with van der Waals surface area (Å²) in [6.07, 6.45) is -1.22. The van der Waals surface area contributed by atoms with Gasteiger partial charge in [0.2, 0.25) is 5.75 Å². The summed E-state index contributed by atoms with van der Waals surface area (Å²) in [5.41, 5.74) is 1.01. The van der Waals surface area contributed by atoms with Crippen LogP contribution in [0.15, 0.2) is 40.6 Å². The molecule has 0 heterocycles. The van der Waals surface area contributed by atoms with E-state index < -0.39 is 6.09 Å². The average Bonchev–Trinajstić information content (AvgIpc) is 2.65. The molecule has 2 N–H and O–H groups in total. The molecule has 2 aromatic carbocycles. The quantitative estimate of drug-likeness (QED) is 0.714. The van der Waals surface area contributed by atoms with Gasteiger partial charge in [-0.15, -0.1) is 5.11 Å². The zero-order valence-electron chi connectivity index (χ0n) is 14.8. The van der Waals surface area contributed by atoms with Crippen LogP contribution in [0.5, 0.6) is 23.0 Å². The van der Waals surface area contributed by atoms with Gasteiger partial charge in [0.1, 0.15) is 11.4 Å². The molecule has 0 fully saturated rings. The van der Waals surface area contributed by atoms with Gasteiger partial charge < -0.3 is 24.1 Å². The van der Waals surface area contributed by atoms with Crippen molar-refractivity contribution in [2.45, 2.75) is 0 Å². The van der Waals surface area contributed by atoms with E-state index in [0.29, 0.717) is 34.4 Å². The van der Waals surface area contributed by atoms with Crippen LogP contribution in [-0.4, -0.2) is 39.6 Å². The molecule has 0 radical (unpaired) electrons. The second-order valence-electron chi connectivity index (χ2n) is 4.90. The summed E-state index contributed by atoms with van der Waals surface area (Å²) in [5.74, 6) is 1.78. The van der Waals surface area contributed by atoms with Crippen molar-refractivity contribution in [3.8, 4) is 23.0 Å². The number of carbonyl (C=O) groups is 1. The summed E-state index contributed by atoms with van der Waals surface area (Å²) in [6, 6.07) is 8.00. The molecule has 0 saturated heterocycles. The lowest BCUT2D eigenvalue weighted by molar-refractivity contribution is 0.210. The molecule has 0 atom stereocenters. The molecule has 0 aliphatic carbocycles. The summed E-state index contributed by atoms with van der Waals surface area (Å²) >= 11 is 0. The van der Waals surface area contributed by atoms with E-state index >= 15 is 0 Å². The minimum absolute atomic E-state index is 0.244. The van der Waals surface area contributed by atoms with Gasteiger partial charge in [-0.2, -0.15) is 5.11 Å². The number of hydrogen-bond acceptors (Lipinski definition) is 7. The lowest BCUT2D eigenvalue weighted by Gasteiger charge is -2.12. The van der Waals surface area contributed by atoms with Crippen molar-refractivity contribution in [3.63, 3.8) is 0 Å². The second kappa shape index (κ2) is 8.56. The summed E-state index contributed by atoms with van der Waals surface area (Å²) in [7, 11) is 5.98. The van der Waals surface area contributed by atoms with Gasteiger partial charge in [-0.05, 0) is 12.1 Å². The Balaban J connectivity index is 2.42. The van der Waals surface area contributed by atoms with Crippen LogP contribution in [-0.2, 0) is 0 Å². The van der Waals surface area contributed by atoms with Gasteiger partial charge in [-0.25, -0.2) is 4.79 Å². The molecule has 0 aliphatic heterocycles. The fourth-order valence-electron chi connectivity index (χ4n) is 2.18. The van der Waals surface area contributed by atoms with E-state index in [-0.39, 0.29) is 5.69 Å². The molecule has 0 aliphatic rings. The summed E-state index contributed by atoms with van der Waals surface area (Å²) < 4.78 is 20.9. The highest BCUT2D eigenvalue weighted by Gasteiger charge is 2.13. The number of azo groups is 1. The fourth-order valence-corrected chi connectivity index (χ4v) is 2.18. The molecule has 9 heteroatoms. The number of ether oxygens (including phenoxy) is 4. The van der Waals surface area contributed by atoms with Crippen molar-refractivity contribution < 1.29 is 28.8 Å². The number of nitrogens with one attached hydrogen (secondary N) is 1. The van der Waals surface area contributed by atoms with Crippen LogP contribution in [0.1, 0.15) is 0 Å². The first-order valence-corrected chi connectivity index (χ1v) is 7.42. The summed E-state index contributed by atoms with van der Waals surface area (Å²) in [5, 5.41) is 19.5. The van der Waals surface area contributed by atoms with Crippen molar-refractivity contribution in [3.05, 3.63) is 30.3 Å². The van der Waals surface area contributed by atoms with Gasteiger partial charge in [0.05, 0.1) is 39.8 Å². The Bertz CT molecular complexity index is 797. The van der Waals surface area contributed by atoms with E-state index in [1.54, 1.807) is 24.3 Å². The molecule has 0 saturated carbocycles. The number of benzene rings is 2. The highest BCUT2D eigenvalue weighted by Crippen LogP contribution is 2.41. The van der Waals surface area contributed by atoms with Gasteiger partial charge in [-0.3, -0.25) is 5.32 Å². The minimum atomic E-state index is -1.22. The van der Waals surface area contributed by atoms with E-state index in [1.807, 2.05) is 0 Å². The predicted molar refractivity (Wildman–Crippen MR) is 94.9 cm³/mol. The maximum absolute atomic E-state index is 11.0. The number of carboxylic acid groups (broad SMARTS) is 1. The Morgan fingerprint density at radius 2 is 1.58 bits per heavy atom. The highest BCUT2D eigenvalue weighted by molar-refractivity contribution is 5.87. The molecule has 0 spiro atoms. The third kappa shape index (κ3) is 4.32. The van der Waals surface area contributed by atoms with E-state index in [1.165, 1.54) is 34.5 Å². The van der Waals surface area contributed by atoms with E-state index in [0.717, 1.165) is 0 Å². The number of anilines is 1. The monoisotopic (exact) mass is 361 g/mol. The first-order chi connectivity index (χ1) is 12.5. The van der Waals surface area contributed by atoms with Crippen LogP contribution >= 0.6 is 0 Å². The minimum Gasteiger partial charge on any atom is -0.497 e. The molecular weight excluding hydrogens is 342 g/mol. The largest absolute Gasteiger partial charge is 0.497 e. The second-order valence-corrected chi connectivity index (χ2v) is 4.90. The van der Waals surface area contributed by atoms with E-state index in [2.05, 4.69) is 15.5 Å². The van der Waals surface area contributed by atoms with Crippen molar-refractivity contribution in [1.82, 2.24) is 0 Å². The van der Waals surface area contributed by atoms with Crippen molar-refractivity contribution in [1.29, 1.82) is 0 Å². The van der Waals surface area contributed by atoms with E-state index in [4.69, 9.17) is 24.1 Å². The molecular formula is C17H19N3O6. The van der Waals surface area contributed by atoms with Crippen LogP contribution in [0.2, 0.25) is 0 Å². The average molecular weight is 361 g/mol. The number of methoxy groups -OCH3 is 4. The van der Waals surface area contributed by atoms with E-state index in [9.17, 15) is 4.79 Å². The van der Waals surface area contributed by atoms with Gasteiger partial charge in [0, 0.05) is 18.2 Å². The molecule has 2 aromatic rings. The van der Waals surface area contributed by atoms with Crippen LogP contribution in [0.4, 0.5) is 21.9 Å². The topological polar surface area (TPSA) is 111 Å². The third-order valence-electron chi connectivity index (χ3n) is 3.37. The molecule has 138 valence electrons. The van der Waals surface area contributed by atoms with Crippen LogP contribution in [0.3, 0.4) is 0 Å². The number of amides is 1. The highest BCUT2D eigenvalue weighted by atomic mass is 16.5. The van der Waals surface area contributed by atoms with Crippen molar-refractivity contribution >= 4 is 23.2 Å². The molecule has 0 unspecified atom stereocenters. The molecule has 0 aromatic heterocycles.